The molecule has 0 aliphatic rings. The highest BCUT2D eigenvalue weighted by molar-refractivity contribution is 5.56. The zero-order valence-corrected chi connectivity index (χ0v) is 20.2. The van der Waals surface area contributed by atoms with E-state index in [1.165, 1.54) is 44.9 Å². The Bertz CT molecular complexity index is 628. The summed E-state index contributed by atoms with van der Waals surface area (Å²) in [6.45, 7) is 7.53. The maximum atomic E-state index is 5.87. The number of rotatable bonds is 19. The fourth-order valence-corrected chi connectivity index (χ4v) is 3.33. The lowest BCUT2D eigenvalue weighted by Gasteiger charge is -2.08. The molecule has 0 spiro atoms. The smallest absolute Gasteiger partial charge is 0.159 e. The van der Waals surface area contributed by atoms with Crippen LogP contribution in [0.2, 0.25) is 0 Å². The van der Waals surface area contributed by atoms with Crippen LogP contribution in [-0.2, 0) is 4.74 Å². The summed E-state index contributed by atoms with van der Waals surface area (Å²) in [4.78, 5) is 8.89. The molecule has 5 heteroatoms. The fourth-order valence-electron chi connectivity index (χ4n) is 3.33. The van der Waals surface area contributed by atoms with Crippen molar-refractivity contribution < 1.29 is 14.2 Å². The Labute approximate surface area is 194 Å². The highest BCUT2D eigenvalue weighted by atomic mass is 16.5. The molecule has 0 aliphatic heterocycles. The molecule has 0 saturated heterocycles. The first-order valence-corrected chi connectivity index (χ1v) is 12.6. The molecular formula is C27H42N2O3. The van der Waals surface area contributed by atoms with Crippen molar-refractivity contribution in [3.63, 3.8) is 0 Å². The molecule has 0 amide bonds. The van der Waals surface area contributed by atoms with Crippen LogP contribution in [0.1, 0.15) is 84.5 Å². The topological polar surface area (TPSA) is 53.5 Å². The van der Waals surface area contributed by atoms with Crippen molar-refractivity contribution in [3.8, 4) is 22.9 Å². The Kier molecular flexibility index (Phi) is 14.2. The van der Waals surface area contributed by atoms with Crippen LogP contribution in [0, 0.1) is 0 Å². The zero-order valence-electron chi connectivity index (χ0n) is 20.2. The fraction of sp³-hybridized carbons (Fsp3) is 0.630. The molecule has 2 aromatic rings. The van der Waals surface area contributed by atoms with E-state index in [0.29, 0.717) is 18.2 Å². The van der Waals surface area contributed by atoms with Crippen molar-refractivity contribution in [1.29, 1.82) is 0 Å². The van der Waals surface area contributed by atoms with Gasteiger partial charge in [0.25, 0.3) is 0 Å². The molecule has 2 rings (SSSR count). The normalized spacial score (nSPS) is 10.9. The second-order valence-electron chi connectivity index (χ2n) is 8.26. The second-order valence-corrected chi connectivity index (χ2v) is 8.26. The quantitative estimate of drug-likeness (QED) is 0.214. The SMILES string of the molecule is CCCCCCCCCOc1ccc(-c2ncc(OCCCCOCCCC)cn2)cc1. The van der Waals surface area contributed by atoms with E-state index >= 15 is 0 Å². The van der Waals surface area contributed by atoms with E-state index in [9.17, 15) is 0 Å². The molecule has 0 saturated carbocycles. The lowest BCUT2D eigenvalue weighted by Crippen LogP contribution is -2.02. The van der Waals surface area contributed by atoms with Crippen molar-refractivity contribution in [3.05, 3.63) is 36.7 Å². The van der Waals surface area contributed by atoms with Crippen LogP contribution in [0.4, 0.5) is 0 Å². The summed E-state index contributed by atoms with van der Waals surface area (Å²) >= 11 is 0. The van der Waals surface area contributed by atoms with Gasteiger partial charge in [0.1, 0.15) is 5.75 Å². The van der Waals surface area contributed by atoms with E-state index in [4.69, 9.17) is 14.2 Å². The molecule has 0 bridgehead atoms. The number of nitrogens with zero attached hydrogens (tertiary/aromatic N) is 2. The minimum atomic E-state index is 0.657. The first kappa shape index (κ1) is 26.1. The molecule has 1 heterocycles. The predicted molar refractivity (Wildman–Crippen MR) is 131 cm³/mol. The highest BCUT2D eigenvalue weighted by Crippen LogP contribution is 2.21. The average Bonchev–Trinajstić information content (AvgIpc) is 2.83. The Morgan fingerprint density at radius 3 is 1.78 bits per heavy atom. The van der Waals surface area contributed by atoms with Gasteiger partial charge < -0.3 is 14.2 Å². The van der Waals surface area contributed by atoms with Crippen LogP contribution >= 0.6 is 0 Å². The first-order chi connectivity index (χ1) is 15.8. The Hall–Kier alpha value is -2.14. The Morgan fingerprint density at radius 1 is 0.562 bits per heavy atom. The van der Waals surface area contributed by atoms with Crippen molar-refractivity contribution in [2.75, 3.05) is 26.4 Å². The minimum absolute atomic E-state index is 0.657. The van der Waals surface area contributed by atoms with Gasteiger partial charge in [0.2, 0.25) is 0 Å². The summed E-state index contributed by atoms with van der Waals surface area (Å²) in [5.41, 5.74) is 0.976. The summed E-state index contributed by atoms with van der Waals surface area (Å²) in [5, 5.41) is 0. The first-order valence-electron chi connectivity index (χ1n) is 12.6. The third-order valence-corrected chi connectivity index (χ3v) is 5.35. The van der Waals surface area contributed by atoms with Gasteiger partial charge >= 0.3 is 0 Å². The van der Waals surface area contributed by atoms with E-state index in [1.807, 2.05) is 24.3 Å². The molecule has 178 valence electrons. The molecule has 0 radical (unpaired) electrons. The van der Waals surface area contributed by atoms with E-state index in [0.717, 1.165) is 56.8 Å². The van der Waals surface area contributed by atoms with Gasteiger partial charge in [0.05, 0.1) is 25.6 Å². The summed E-state index contributed by atoms with van der Waals surface area (Å²) in [6, 6.07) is 8.00. The van der Waals surface area contributed by atoms with E-state index in [1.54, 1.807) is 12.4 Å². The summed E-state index contributed by atoms with van der Waals surface area (Å²) < 4.78 is 17.2. The molecule has 32 heavy (non-hydrogen) atoms. The van der Waals surface area contributed by atoms with E-state index < -0.39 is 0 Å². The summed E-state index contributed by atoms with van der Waals surface area (Å²) in [6.07, 6.45) is 16.8. The number of hydrogen-bond acceptors (Lipinski definition) is 5. The molecule has 0 atom stereocenters. The maximum absolute atomic E-state index is 5.87. The average molecular weight is 443 g/mol. The summed E-state index contributed by atoms with van der Waals surface area (Å²) in [5.74, 6) is 2.30. The molecule has 0 unspecified atom stereocenters. The minimum Gasteiger partial charge on any atom is -0.494 e. The lowest BCUT2D eigenvalue weighted by molar-refractivity contribution is 0.123. The number of unbranched alkanes of at least 4 members (excludes halogenated alkanes) is 8. The molecule has 0 N–H and O–H groups in total. The number of ether oxygens (including phenoxy) is 3. The molecule has 0 fully saturated rings. The maximum Gasteiger partial charge on any atom is 0.159 e. The van der Waals surface area contributed by atoms with Crippen LogP contribution in [0.5, 0.6) is 11.5 Å². The highest BCUT2D eigenvalue weighted by Gasteiger charge is 2.03. The van der Waals surface area contributed by atoms with Crippen molar-refractivity contribution in [2.45, 2.75) is 84.5 Å². The van der Waals surface area contributed by atoms with Crippen LogP contribution in [0.25, 0.3) is 11.4 Å². The second kappa shape index (κ2) is 17.4. The molecular weight excluding hydrogens is 400 g/mol. The third kappa shape index (κ3) is 11.5. The number of benzene rings is 1. The van der Waals surface area contributed by atoms with Gasteiger partial charge in [-0.3, -0.25) is 0 Å². The molecule has 1 aromatic heterocycles. The Morgan fingerprint density at radius 2 is 1.09 bits per heavy atom. The van der Waals surface area contributed by atoms with Crippen LogP contribution in [-0.4, -0.2) is 36.4 Å². The number of aromatic nitrogens is 2. The largest absolute Gasteiger partial charge is 0.494 e. The third-order valence-electron chi connectivity index (χ3n) is 5.35. The van der Waals surface area contributed by atoms with Gasteiger partial charge in [-0.25, -0.2) is 9.97 Å². The number of hydrogen-bond donors (Lipinski definition) is 0. The molecule has 1 aromatic carbocycles. The standard InChI is InChI=1S/C27H42N2O3/c1-3-5-7-8-9-10-11-20-31-25-16-14-24(15-17-25)27-28-22-26(23-29-27)32-21-13-12-19-30-18-6-4-2/h14-17,22-23H,3-13,18-21H2,1-2H3. The molecule has 0 aliphatic carbocycles. The molecule has 5 nitrogen and oxygen atoms in total. The predicted octanol–water partition coefficient (Wildman–Crippen LogP) is 7.25. The monoisotopic (exact) mass is 442 g/mol. The van der Waals surface area contributed by atoms with Crippen molar-refractivity contribution >= 4 is 0 Å². The zero-order chi connectivity index (χ0) is 22.7. The van der Waals surface area contributed by atoms with Crippen molar-refractivity contribution in [2.24, 2.45) is 0 Å². The Balaban J connectivity index is 1.61. The summed E-state index contributed by atoms with van der Waals surface area (Å²) in [7, 11) is 0. The van der Waals surface area contributed by atoms with Crippen LogP contribution < -0.4 is 9.47 Å². The van der Waals surface area contributed by atoms with Gasteiger partial charge in [-0.2, -0.15) is 0 Å². The van der Waals surface area contributed by atoms with Gasteiger partial charge in [-0.05, 0) is 49.9 Å². The van der Waals surface area contributed by atoms with Crippen molar-refractivity contribution in [1.82, 2.24) is 9.97 Å². The lowest BCUT2D eigenvalue weighted by atomic mass is 10.1. The van der Waals surface area contributed by atoms with Crippen LogP contribution in [0.15, 0.2) is 36.7 Å². The van der Waals surface area contributed by atoms with E-state index in [2.05, 4.69) is 23.8 Å². The van der Waals surface area contributed by atoms with Crippen LogP contribution in [0.3, 0.4) is 0 Å². The van der Waals surface area contributed by atoms with E-state index in [-0.39, 0.29) is 0 Å². The van der Waals surface area contributed by atoms with Gasteiger partial charge in [0, 0.05) is 18.8 Å². The van der Waals surface area contributed by atoms with Gasteiger partial charge in [-0.15, -0.1) is 0 Å². The van der Waals surface area contributed by atoms with Gasteiger partial charge in [-0.1, -0.05) is 58.8 Å². The van der Waals surface area contributed by atoms with Gasteiger partial charge in [0.15, 0.2) is 11.6 Å².